The number of para-hydroxylation sites is 2. The molecule has 2 aromatic rings. The molecule has 4 bridgehead atoms. The molecule has 4 fully saturated rings. The first-order valence-electron chi connectivity index (χ1n) is 12.5. The second-order valence-corrected chi connectivity index (χ2v) is 11.1. The van der Waals surface area contributed by atoms with Gasteiger partial charge in [-0.1, -0.05) is 24.3 Å². The molecule has 2 N–H and O–H groups in total. The van der Waals surface area contributed by atoms with E-state index in [0.717, 1.165) is 40.4 Å². The van der Waals surface area contributed by atoms with E-state index in [9.17, 15) is 9.59 Å². The number of hydrogen-bond acceptors (Lipinski definition) is 4. The Bertz CT molecular complexity index is 1080. The first-order valence-corrected chi connectivity index (χ1v) is 12.5. The highest BCUT2D eigenvalue weighted by Gasteiger charge is 2.52. The van der Waals surface area contributed by atoms with E-state index in [4.69, 9.17) is 10.5 Å². The fraction of sp³-hybridized carbons (Fsp3) is 0.500. The summed E-state index contributed by atoms with van der Waals surface area (Å²) in [6, 6.07) is 14.2. The Hall–Kier alpha value is -2.86. The quantitative estimate of drug-likeness (QED) is 0.683. The van der Waals surface area contributed by atoms with Gasteiger partial charge in [0.25, 0.3) is 11.8 Å². The zero-order chi connectivity index (χ0) is 23.4. The molecule has 5 aliphatic rings. The lowest BCUT2D eigenvalue weighted by atomic mass is 9.49. The smallest absolute Gasteiger partial charge is 0.254 e. The maximum atomic E-state index is 13.7. The van der Waals surface area contributed by atoms with Crippen LogP contribution in [-0.2, 0) is 16.1 Å². The molecule has 4 aliphatic carbocycles. The molecule has 1 heterocycles. The first kappa shape index (κ1) is 21.7. The van der Waals surface area contributed by atoms with Crippen molar-refractivity contribution in [3.8, 4) is 5.75 Å². The number of methoxy groups -OCH3 is 1. The molecule has 178 valence electrons. The van der Waals surface area contributed by atoms with Gasteiger partial charge in [0.2, 0.25) is 0 Å². The SMILES string of the molecule is COc1ccc(CN2C(=O)C(N)C(=O)N(CC34CC5CC(CC(C5)C3)C4)c3ccccc32)cc1. The average molecular weight is 460 g/mol. The predicted octanol–water partition coefficient (Wildman–Crippen LogP) is 4.12. The number of amides is 2. The van der Waals surface area contributed by atoms with Crippen LogP contribution < -0.4 is 20.3 Å². The molecule has 0 spiro atoms. The molecule has 0 aromatic heterocycles. The Kier molecular flexibility index (Phi) is 5.17. The van der Waals surface area contributed by atoms with Crippen LogP contribution in [0.2, 0.25) is 0 Å². The summed E-state index contributed by atoms with van der Waals surface area (Å²) in [5.41, 5.74) is 9.02. The molecule has 4 saturated carbocycles. The summed E-state index contributed by atoms with van der Waals surface area (Å²) in [5.74, 6) is 2.54. The second kappa shape index (κ2) is 8.12. The third-order valence-electron chi connectivity index (χ3n) is 8.69. The molecule has 0 saturated heterocycles. The van der Waals surface area contributed by atoms with Gasteiger partial charge in [-0.15, -0.1) is 0 Å². The Balaban J connectivity index is 1.35. The third kappa shape index (κ3) is 3.59. The molecule has 2 aromatic carbocycles. The van der Waals surface area contributed by atoms with Gasteiger partial charge in [0, 0.05) is 6.54 Å². The summed E-state index contributed by atoms with van der Waals surface area (Å²) in [7, 11) is 1.63. The van der Waals surface area contributed by atoms with Crippen LogP contribution in [0, 0.1) is 23.2 Å². The molecule has 2 amide bonds. The van der Waals surface area contributed by atoms with Crippen molar-refractivity contribution in [2.75, 3.05) is 23.5 Å². The Morgan fingerprint density at radius 1 is 0.853 bits per heavy atom. The molecule has 1 atom stereocenters. The van der Waals surface area contributed by atoms with E-state index in [0.29, 0.717) is 13.1 Å². The minimum Gasteiger partial charge on any atom is -0.497 e. The van der Waals surface area contributed by atoms with Crippen LogP contribution in [0.1, 0.15) is 44.1 Å². The van der Waals surface area contributed by atoms with Gasteiger partial charge < -0.3 is 20.3 Å². The van der Waals surface area contributed by atoms with Gasteiger partial charge in [-0.3, -0.25) is 9.59 Å². The van der Waals surface area contributed by atoms with Crippen molar-refractivity contribution in [1.29, 1.82) is 0 Å². The molecule has 34 heavy (non-hydrogen) atoms. The normalized spacial score (nSPS) is 32.1. The number of carbonyl (C=O) groups excluding carboxylic acids is 2. The second-order valence-electron chi connectivity index (χ2n) is 11.1. The highest BCUT2D eigenvalue weighted by Crippen LogP contribution is 2.60. The number of carbonyl (C=O) groups is 2. The maximum Gasteiger partial charge on any atom is 0.254 e. The van der Waals surface area contributed by atoms with Gasteiger partial charge in [0.1, 0.15) is 5.75 Å². The molecular weight excluding hydrogens is 426 g/mol. The Labute approximate surface area is 201 Å². The van der Waals surface area contributed by atoms with Crippen molar-refractivity contribution in [2.45, 2.75) is 51.1 Å². The number of benzene rings is 2. The number of hydrogen-bond donors (Lipinski definition) is 1. The van der Waals surface area contributed by atoms with Crippen molar-refractivity contribution in [2.24, 2.45) is 28.9 Å². The van der Waals surface area contributed by atoms with E-state index in [2.05, 4.69) is 0 Å². The molecule has 6 heteroatoms. The van der Waals surface area contributed by atoms with Gasteiger partial charge in [-0.05, 0) is 91.5 Å². The molecule has 1 unspecified atom stereocenters. The number of ether oxygens (including phenoxy) is 1. The number of fused-ring (bicyclic) bond motifs is 1. The number of nitrogens with zero attached hydrogens (tertiary/aromatic N) is 2. The van der Waals surface area contributed by atoms with E-state index in [1.807, 2.05) is 53.4 Å². The lowest BCUT2D eigenvalue weighted by molar-refractivity contribution is -0.129. The van der Waals surface area contributed by atoms with Crippen molar-refractivity contribution in [1.82, 2.24) is 0 Å². The van der Waals surface area contributed by atoms with Crippen LogP contribution in [-0.4, -0.2) is 31.5 Å². The fourth-order valence-corrected chi connectivity index (χ4v) is 7.66. The minimum absolute atomic E-state index is 0.158. The van der Waals surface area contributed by atoms with Gasteiger partial charge in [-0.2, -0.15) is 0 Å². The summed E-state index contributed by atoms with van der Waals surface area (Å²) in [5, 5.41) is 0. The van der Waals surface area contributed by atoms with Crippen molar-refractivity contribution >= 4 is 23.2 Å². The number of nitrogens with two attached hydrogens (primary N) is 1. The van der Waals surface area contributed by atoms with E-state index in [-0.39, 0.29) is 17.2 Å². The van der Waals surface area contributed by atoms with E-state index < -0.39 is 6.04 Å². The maximum absolute atomic E-state index is 13.7. The number of rotatable bonds is 5. The molecule has 1 aliphatic heterocycles. The van der Waals surface area contributed by atoms with Gasteiger partial charge in [-0.25, -0.2) is 0 Å². The van der Waals surface area contributed by atoms with Crippen LogP contribution in [0.15, 0.2) is 48.5 Å². The summed E-state index contributed by atoms with van der Waals surface area (Å²) in [6.45, 7) is 1.02. The van der Waals surface area contributed by atoms with Crippen LogP contribution in [0.3, 0.4) is 0 Å². The van der Waals surface area contributed by atoms with Crippen molar-refractivity contribution in [3.63, 3.8) is 0 Å². The lowest BCUT2D eigenvalue weighted by Gasteiger charge is -2.57. The minimum atomic E-state index is -1.19. The Morgan fingerprint density at radius 3 is 1.94 bits per heavy atom. The van der Waals surface area contributed by atoms with Crippen molar-refractivity contribution in [3.05, 3.63) is 54.1 Å². The van der Waals surface area contributed by atoms with E-state index in [1.165, 1.54) is 38.5 Å². The van der Waals surface area contributed by atoms with Gasteiger partial charge in [0.15, 0.2) is 6.04 Å². The monoisotopic (exact) mass is 459 g/mol. The van der Waals surface area contributed by atoms with Gasteiger partial charge in [0.05, 0.1) is 25.0 Å². The average Bonchev–Trinajstić information content (AvgIpc) is 2.90. The first-order chi connectivity index (χ1) is 16.4. The summed E-state index contributed by atoms with van der Waals surface area (Å²) in [6.07, 6.45) is 7.67. The third-order valence-corrected chi connectivity index (χ3v) is 8.69. The predicted molar refractivity (Wildman–Crippen MR) is 132 cm³/mol. The molecule has 7 rings (SSSR count). The fourth-order valence-electron chi connectivity index (χ4n) is 7.66. The summed E-state index contributed by atoms with van der Waals surface area (Å²) >= 11 is 0. The Morgan fingerprint density at radius 2 is 1.38 bits per heavy atom. The molecule has 6 nitrogen and oxygen atoms in total. The van der Waals surface area contributed by atoms with Crippen LogP contribution in [0.5, 0.6) is 5.75 Å². The molecule has 0 radical (unpaired) electrons. The van der Waals surface area contributed by atoms with E-state index in [1.54, 1.807) is 12.0 Å². The zero-order valence-electron chi connectivity index (χ0n) is 19.8. The standard InChI is InChI=1S/C28H33N3O3/c1-34-22-8-6-18(7-9-22)16-30-23-4-2-3-5-24(23)31(27(33)25(29)26(30)32)17-28-13-19-10-20(14-28)12-21(11-19)15-28/h2-9,19-21,25H,10-17,29H2,1H3. The lowest BCUT2D eigenvalue weighted by Crippen LogP contribution is -2.56. The van der Waals surface area contributed by atoms with Gasteiger partial charge >= 0.3 is 0 Å². The van der Waals surface area contributed by atoms with Crippen LogP contribution >= 0.6 is 0 Å². The van der Waals surface area contributed by atoms with Crippen molar-refractivity contribution < 1.29 is 14.3 Å². The highest BCUT2D eigenvalue weighted by atomic mass is 16.5. The summed E-state index contributed by atoms with van der Waals surface area (Å²) in [4.78, 5) is 30.7. The largest absolute Gasteiger partial charge is 0.497 e. The molecular formula is C28H33N3O3. The topological polar surface area (TPSA) is 75.9 Å². The number of anilines is 2. The van der Waals surface area contributed by atoms with Crippen LogP contribution in [0.4, 0.5) is 11.4 Å². The summed E-state index contributed by atoms with van der Waals surface area (Å²) < 4.78 is 5.26. The van der Waals surface area contributed by atoms with Crippen LogP contribution in [0.25, 0.3) is 0 Å². The highest BCUT2D eigenvalue weighted by molar-refractivity contribution is 6.20. The zero-order valence-corrected chi connectivity index (χ0v) is 19.8. The van der Waals surface area contributed by atoms with E-state index >= 15 is 0 Å².